The molecule has 0 aromatic rings. The summed E-state index contributed by atoms with van der Waals surface area (Å²) in [5.74, 6) is 0. The van der Waals surface area contributed by atoms with Gasteiger partial charge in [-0.2, -0.15) is 0 Å². The highest BCUT2D eigenvalue weighted by atomic mass is 16.6. The molecule has 27 heavy (non-hydrogen) atoms. The Labute approximate surface area is 166 Å². The van der Waals surface area contributed by atoms with Crippen LogP contribution in [0, 0.1) is 10.1 Å². The average Bonchev–Trinajstić information content (AvgIpc) is 2.65. The Kier molecular flexibility index (Phi) is 19.1. The number of aliphatic hydroxyl groups excluding tert-OH is 1. The molecule has 1 N–H and O–H groups in total. The second kappa shape index (κ2) is 19.8. The van der Waals surface area contributed by atoms with E-state index < -0.39 is 12.1 Å². The number of rotatable bonds is 21. The molecule has 2 unspecified atom stereocenters. The Morgan fingerprint density at radius 3 is 1.70 bits per heavy atom. The molecule has 0 amide bonds. The van der Waals surface area contributed by atoms with Gasteiger partial charge >= 0.3 is 0 Å². The van der Waals surface area contributed by atoms with E-state index in [4.69, 9.17) is 0 Å². The molecule has 0 heterocycles. The first-order valence-corrected chi connectivity index (χ1v) is 11.3. The molecule has 0 saturated heterocycles. The summed E-state index contributed by atoms with van der Waals surface area (Å²) < 4.78 is 0. The van der Waals surface area contributed by atoms with Crippen LogP contribution >= 0.6 is 0 Å². The van der Waals surface area contributed by atoms with Crippen molar-refractivity contribution in [2.75, 3.05) is 0 Å². The van der Waals surface area contributed by atoms with E-state index >= 15 is 0 Å². The fourth-order valence-electron chi connectivity index (χ4n) is 3.55. The number of aliphatic hydroxyl groups is 1. The summed E-state index contributed by atoms with van der Waals surface area (Å²) >= 11 is 0. The normalized spacial score (nSPS) is 13.4. The number of carbonyl (C=O) groups excluding carboxylic acids is 1. The summed E-state index contributed by atoms with van der Waals surface area (Å²) in [4.78, 5) is 21.0. The van der Waals surface area contributed by atoms with Crippen LogP contribution in [-0.4, -0.2) is 28.5 Å². The molecule has 0 bridgehead atoms. The SMILES string of the molecule is CCCCCCC(C(O)CCCCCCCCCCCCC[C]=O)[N+](=O)[O-]. The van der Waals surface area contributed by atoms with Gasteiger partial charge in [0.15, 0.2) is 6.29 Å². The minimum Gasteiger partial charge on any atom is -0.386 e. The van der Waals surface area contributed by atoms with Crippen molar-refractivity contribution in [3.05, 3.63) is 10.1 Å². The van der Waals surface area contributed by atoms with Crippen LogP contribution in [0.1, 0.15) is 122 Å². The second-order valence-electron chi connectivity index (χ2n) is 7.84. The lowest BCUT2D eigenvalue weighted by atomic mass is 9.98. The zero-order valence-corrected chi connectivity index (χ0v) is 17.5. The van der Waals surface area contributed by atoms with Gasteiger partial charge < -0.3 is 5.11 Å². The highest BCUT2D eigenvalue weighted by Gasteiger charge is 2.28. The van der Waals surface area contributed by atoms with Gasteiger partial charge in [0, 0.05) is 17.8 Å². The van der Waals surface area contributed by atoms with Gasteiger partial charge in [-0.25, -0.2) is 0 Å². The molecule has 0 aliphatic heterocycles. The lowest BCUT2D eigenvalue weighted by Gasteiger charge is -2.16. The van der Waals surface area contributed by atoms with Gasteiger partial charge in [-0.1, -0.05) is 90.4 Å². The predicted molar refractivity (Wildman–Crippen MR) is 111 cm³/mol. The molecule has 0 saturated carbocycles. The van der Waals surface area contributed by atoms with E-state index in [2.05, 4.69) is 6.92 Å². The zero-order chi connectivity index (χ0) is 20.2. The van der Waals surface area contributed by atoms with Crippen molar-refractivity contribution in [2.24, 2.45) is 0 Å². The van der Waals surface area contributed by atoms with Crippen LogP contribution in [0.25, 0.3) is 0 Å². The summed E-state index contributed by atoms with van der Waals surface area (Å²) in [6.45, 7) is 2.12. The van der Waals surface area contributed by atoms with E-state index in [1.165, 1.54) is 38.5 Å². The van der Waals surface area contributed by atoms with Crippen LogP contribution in [0.5, 0.6) is 0 Å². The molecule has 2 atom stereocenters. The van der Waals surface area contributed by atoms with Crippen LogP contribution in [-0.2, 0) is 4.79 Å². The van der Waals surface area contributed by atoms with E-state index in [1.54, 1.807) is 0 Å². The van der Waals surface area contributed by atoms with Crippen LogP contribution < -0.4 is 0 Å². The van der Waals surface area contributed by atoms with Crippen LogP contribution in [0.3, 0.4) is 0 Å². The lowest BCUT2D eigenvalue weighted by molar-refractivity contribution is -0.535. The van der Waals surface area contributed by atoms with Crippen LogP contribution in [0.15, 0.2) is 0 Å². The maximum absolute atomic E-state index is 11.2. The van der Waals surface area contributed by atoms with Gasteiger partial charge in [0.2, 0.25) is 6.04 Å². The van der Waals surface area contributed by atoms with Crippen molar-refractivity contribution >= 4 is 6.29 Å². The van der Waals surface area contributed by atoms with Crippen LogP contribution in [0.4, 0.5) is 0 Å². The topological polar surface area (TPSA) is 80.4 Å². The van der Waals surface area contributed by atoms with Crippen molar-refractivity contribution < 1.29 is 14.8 Å². The van der Waals surface area contributed by atoms with Gasteiger partial charge in [-0.15, -0.1) is 0 Å². The third-order valence-electron chi connectivity index (χ3n) is 5.35. The van der Waals surface area contributed by atoms with Crippen molar-refractivity contribution in [2.45, 2.75) is 135 Å². The molecule has 1 radical (unpaired) electrons. The molecule has 5 heteroatoms. The number of hydrogen-bond acceptors (Lipinski definition) is 4. The second-order valence-corrected chi connectivity index (χ2v) is 7.84. The molecule has 0 aromatic heterocycles. The van der Waals surface area contributed by atoms with E-state index in [9.17, 15) is 20.0 Å². The first-order valence-electron chi connectivity index (χ1n) is 11.3. The molecule has 0 fully saturated rings. The fraction of sp³-hybridized carbons (Fsp3) is 0.955. The van der Waals surface area contributed by atoms with Gasteiger partial charge in [0.05, 0.1) is 0 Å². The number of nitro groups is 1. The smallest absolute Gasteiger partial charge is 0.238 e. The third kappa shape index (κ3) is 16.9. The molecular formula is C22H42NO4. The Bertz CT molecular complexity index is 349. The predicted octanol–water partition coefficient (Wildman–Crippen LogP) is 6.14. The Balaban J connectivity index is 3.53. The van der Waals surface area contributed by atoms with Crippen molar-refractivity contribution in [1.29, 1.82) is 0 Å². The lowest BCUT2D eigenvalue weighted by Crippen LogP contribution is -2.33. The molecule has 0 aromatic carbocycles. The van der Waals surface area contributed by atoms with Gasteiger partial charge in [-0.05, 0) is 19.3 Å². The zero-order valence-electron chi connectivity index (χ0n) is 17.5. The largest absolute Gasteiger partial charge is 0.386 e. The number of nitrogens with zero attached hydrogens (tertiary/aromatic N) is 1. The van der Waals surface area contributed by atoms with E-state index in [0.717, 1.165) is 57.8 Å². The van der Waals surface area contributed by atoms with Crippen molar-refractivity contribution in [3.8, 4) is 0 Å². The van der Waals surface area contributed by atoms with Gasteiger partial charge in [0.1, 0.15) is 6.10 Å². The molecule has 5 nitrogen and oxygen atoms in total. The minimum atomic E-state index is -0.793. The number of hydrogen-bond donors (Lipinski definition) is 1. The number of unbranched alkanes of at least 4 members (excludes halogenated alkanes) is 14. The summed E-state index contributed by atoms with van der Waals surface area (Å²) in [7, 11) is 0. The van der Waals surface area contributed by atoms with E-state index in [-0.39, 0.29) is 4.92 Å². The molecule has 0 spiro atoms. The standard InChI is InChI=1S/C22H42NO4/c1-2-3-4-15-18-21(23(26)27)22(25)19-16-13-11-9-7-5-6-8-10-12-14-17-20-24/h21-22,25H,2-19H2,1H3. The Morgan fingerprint density at radius 2 is 1.22 bits per heavy atom. The first kappa shape index (κ1) is 26.0. The molecular weight excluding hydrogens is 342 g/mol. The van der Waals surface area contributed by atoms with Crippen molar-refractivity contribution in [1.82, 2.24) is 0 Å². The maximum atomic E-state index is 11.2. The Morgan fingerprint density at radius 1 is 0.778 bits per heavy atom. The van der Waals surface area contributed by atoms with Gasteiger partial charge in [-0.3, -0.25) is 14.9 Å². The highest BCUT2D eigenvalue weighted by molar-refractivity contribution is 5.50. The van der Waals surface area contributed by atoms with Gasteiger partial charge in [0.25, 0.3) is 0 Å². The quantitative estimate of drug-likeness (QED) is 0.146. The maximum Gasteiger partial charge on any atom is 0.238 e. The van der Waals surface area contributed by atoms with E-state index in [1.807, 2.05) is 6.29 Å². The molecule has 0 rings (SSSR count). The highest BCUT2D eigenvalue weighted by Crippen LogP contribution is 2.17. The summed E-state index contributed by atoms with van der Waals surface area (Å²) in [6, 6.07) is -0.786. The summed E-state index contributed by atoms with van der Waals surface area (Å²) in [5.41, 5.74) is 0. The average molecular weight is 385 g/mol. The first-order chi connectivity index (χ1) is 13.1. The monoisotopic (exact) mass is 384 g/mol. The fourth-order valence-corrected chi connectivity index (χ4v) is 3.55. The molecule has 0 aliphatic carbocycles. The third-order valence-corrected chi connectivity index (χ3v) is 5.35. The van der Waals surface area contributed by atoms with Crippen molar-refractivity contribution in [3.63, 3.8) is 0 Å². The molecule has 0 aliphatic rings. The Hall–Kier alpha value is -0.970. The summed E-state index contributed by atoms with van der Waals surface area (Å²) in [6.07, 6.45) is 19.5. The minimum absolute atomic E-state index is 0.284. The van der Waals surface area contributed by atoms with E-state index in [0.29, 0.717) is 19.3 Å². The molecule has 159 valence electrons. The van der Waals surface area contributed by atoms with Crippen LogP contribution in [0.2, 0.25) is 0 Å². The summed E-state index contributed by atoms with van der Waals surface area (Å²) in [5, 5.41) is 21.3.